The standard InChI is InChI=1S/C29H29N3O5/c1-19(33)24(30)9-6-16-36-28-18-25-23(17-27(28)35-2)26(14-15-31-25)37-22-12-10-21(11-13-22)32-29(34)20-7-4-3-5-8-20/h3-5,7-8,10-15,17-18,24,33H,1,6,9,16,30H2,2H3,(H,32,34)/t24-/m1/s1. The van der Waals surface area contributed by atoms with Gasteiger partial charge in [0.15, 0.2) is 11.5 Å². The molecule has 8 nitrogen and oxygen atoms in total. The molecule has 4 N–H and O–H groups in total. The predicted molar refractivity (Wildman–Crippen MR) is 144 cm³/mol. The lowest BCUT2D eigenvalue weighted by atomic mass is 10.1. The highest BCUT2D eigenvalue weighted by Crippen LogP contribution is 2.37. The maximum atomic E-state index is 12.4. The van der Waals surface area contributed by atoms with E-state index in [0.29, 0.717) is 59.2 Å². The first-order chi connectivity index (χ1) is 17.9. The normalized spacial score (nSPS) is 11.5. The number of nitrogens with zero attached hydrogens (tertiary/aromatic N) is 1. The first-order valence-electron chi connectivity index (χ1n) is 11.8. The molecule has 1 aromatic heterocycles. The molecule has 0 spiro atoms. The van der Waals surface area contributed by atoms with E-state index in [1.54, 1.807) is 61.8 Å². The fourth-order valence-corrected chi connectivity index (χ4v) is 3.67. The molecular formula is C29H29N3O5. The lowest BCUT2D eigenvalue weighted by Gasteiger charge is -2.15. The van der Waals surface area contributed by atoms with E-state index in [4.69, 9.17) is 19.9 Å². The number of hydrogen-bond donors (Lipinski definition) is 3. The molecule has 0 aliphatic carbocycles. The van der Waals surface area contributed by atoms with Crippen LogP contribution in [0.15, 0.2) is 91.3 Å². The van der Waals surface area contributed by atoms with Crippen molar-refractivity contribution in [1.29, 1.82) is 0 Å². The van der Waals surface area contributed by atoms with Gasteiger partial charge in [0.2, 0.25) is 0 Å². The van der Waals surface area contributed by atoms with E-state index in [0.717, 1.165) is 5.39 Å². The van der Waals surface area contributed by atoms with Crippen molar-refractivity contribution in [3.63, 3.8) is 0 Å². The van der Waals surface area contributed by atoms with Crippen LogP contribution < -0.4 is 25.3 Å². The van der Waals surface area contributed by atoms with Gasteiger partial charge in [0.05, 0.1) is 25.3 Å². The zero-order chi connectivity index (χ0) is 26.2. The molecule has 3 aromatic carbocycles. The minimum absolute atomic E-state index is 0.0356. The number of amides is 1. The zero-order valence-corrected chi connectivity index (χ0v) is 20.5. The van der Waals surface area contributed by atoms with Gasteiger partial charge in [-0.1, -0.05) is 24.8 Å². The predicted octanol–water partition coefficient (Wildman–Crippen LogP) is 5.85. The molecule has 4 rings (SSSR count). The molecule has 8 heteroatoms. The highest BCUT2D eigenvalue weighted by Gasteiger charge is 2.13. The van der Waals surface area contributed by atoms with Gasteiger partial charge in [0, 0.05) is 28.9 Å². The van der Waals surface area contributed by atoms with Crippen molar-refractivity contribution in [3.8, 4) is 23.0 Å². The van der Waals surface area contributed by atoms with E-state index in [-0.39, 0.29) is 11.7 Å². The third kappa shape index (κ3) is 6.56. The topological polar surface area (TPSA) is 116 Å². The van der Waals surface area contributed by atoms with E-state index in [1.807, 2.05) is 24.3 Å². The average Bonchev–Trinajstić information content (AvgIpc) is 2.92. The van der Waals surface area contributed by atoms with Crippen molar-refractivity contribution in [2.45, 2.75) is 18.9 Å². The summed E-state index contributed by atoms with van der Waals surface area (Å²) in [7, 11) is 1.57. The number of fused-ring (bicyclic) bond motifs is 1. The van der Waals surface area contributed by atoms with Crippen LogP contribution in [-0.2, 0) is 0 Å². The van der Waals surface area contributed by atoms with Gasteiger partial charge in [0.25, 0.3) is 5.91 Å². The number of pyridine rings is 1. The summed E-state index contributed by atoms with van der Waals surface area (Å²) in [6.45, 7) is 3.85. The Morgan fingerprint density at radius 1 is 1.05 bits per heavy atom. The smallest absolute Gasteiger partial charge is 0.255 e. The molecule has 0 saturated carbocycles. The van der Waals surface area contributed by atoms with Crippen LogP contribution in [0.3, 0.4) is 0 Å². The summed E-state index contributed by atoms with van der Waals surface area (Å²) >= 11 is 0. The van der Waals surface area contributed by atoms with Crippen LogP contribution in [0.1, 0.15) is 23.2 Å². The fraction of sp³-hybridized carbons (Fsp3) is 0.172. The molecule has 37 heavy (non-hydrogen) atoms. The van der Waals surface area contributed by atoms with Crippen LogP contribution in [0.4, 0.5) is 5.69 Å². The molecular weight excluding hydrogens is 470 g/mol. The maximum Gasteiger partial charge on any atom is 0.255 e. The minimum Gasteiger partial charge on any atom is -0.511 e. The quantitative estimate of drug-likeness (QED) is 0.175. The number of aliphatic hydroxyl groups is 1. The molecule has 4 aromatic rings. The van der Waals surface area contributed by atoms with E-state index >= 15 is 0 Å². The van der Waals surface area contributed by atoms with Gasteiger partial charge >= 0.3 is 0 Å². The van der Waals surface area contributed by atoms with E-state index < -0.39 is 6.04 Å². The number of carbonyl (C=O) groups excluding carboxylic acids is 1. The Labute approximate surface area is 215 Å². The molecule has 0 aliphatic rings. The molecule has 1 atom stereocenters. The second-order valence-electron chi connectivity index (χ2n) is 8.36. The summed E-state index contributed by atoms with van der Waals surface area (Å²) in [4.78, 5) is 16.8. The zero-order valence-electron chi connectivity index (χ0n) is 20.5. The van der Waals surface area contributed by atoms with Crippen molar-refractivity contribution >= 4 is 22.5 Å². The van der Waals surface area contributed by atoms with Gasteiger partial charge in [-0.3, -0.25) is 9.78 Å². The van der Waals surface area contributed by atoms with Crippen molar-refractivity contribution < 1.29 is 24.1 Å². The fourth-order valence-electron chi connectivity index (χ4n) is 3.67. The second kappa shape index (κ2) is 11.9. The average molecular weight is 500 g/mol. The van der Waals surface area contributed by atoms with E-state index in [1.165, 1.54) is 0 Å². The Hall–Kier alpha value is -4.56. The number of nitrogens with two attached hydrogens (primary N) is 1. The molecule has 1 amide bonds. The largest absolute Gasteiger partial charge is 0.511 e. The van der Waals surface area contributed by atoms with Crippen LogP contribution >= 0.6 is 0 Å². The van der Waals surface area contributed by atoms with Crippen molar-refractivity contribution in [2.24, 2.45) is 5.73 Å². The van der Waals surface area contributed by atoms with Gasteiger partial charge in [-0.25, -0.2) is 0 Å². The molecule has 0 fully saturated rings. The third-order valence-electron chi connectivity index (χ3n) is 5.71. The SMILES string of the molecule is C=C(O)[C@H](N)CCCOc1cc2nccc(Oc3ccc(NC(=O)c4ccccc4)cc3)c2cc1OC. The van der Waals surface area contributed by atoms with Gasteiger partial charge < -0.3 is 30.4 Å². The van der Waals surface area contributed by atoms with Gasteiger partial charge in [0.1, 0.15) is 17.3 Å². The highest BCUT2D eigenvalue weighted by atomic mass is 16.5. The first-order valence-corrected chi connectivity index (χ1v) is 11.8. The summed E-state index contributed by atoms with van der Waals surface area (Å²) in [5.74, 6) is 2.08. The van der Waals surface area contributed by atoms with Gasteiger partial charge in [-0.15, -0.1) is 0 Å². The van der Waals surface area contributed by atoms with Crippen LogP contribution in [0.25, 0.3) is 10.9 Å². The second-order valence-corrected chi connectivity index (χ2v) is 8.36. The molecule has 0 unspecified atom stereocenters. The van der Waals surface area contributed by atoms with E-state index in [9.17, 15) is 9.90 Å². The number of nitrogens with one attached hydrogen (secondary N) is 1. The monoisotopic (exact) mass is 499 g/mol. The van der Waals surface area contributed by atoms with Crippen molar-refractivity contribution in [2.75, 3.05) is 19.0 Å². The number of aliphatic hydroxyl groups excluding tert-OH is 1. The number of methoxy groups -OCH3 is 1. The number of ether oxygens (including phenoxy) is 3. The minimum atomic E-state index is -0.474. The van der Waals surface area contributed by atoms with Crippen LogP contribution in [0, 0.1) is 0 Å². The summed E-state index contributed by atoms with van der Waals surface area (Å²) < 4.78 is 17.6. The number of benzene rings is 3. The lowest BCUT2D eigenvalue weighted by Crippen LogP contribution is -2.22. The van der Waals surface area contributed by atoms with Crippen LogP contribution in [0.5, 0.6) is 23.0 Å². The van der Waals surface area contributed by atoms with Crippen molar-refractivity contribution in [3.05, 3.63) is 96.9 Å². The first kappa shape index (κ1) is 25.5. The van der Waals surface area contributed by atoms with Crippen LogP contribution in [0.2, 0.25) is 0 Å². The lowest BCUT2D eigenvalue weighted by molar-refractivity contribution is 0.102. The maximum absolute atomic E-state index is 12.4. The number of hydrogen-bond acceptors (Lipinski definition) is 7. The summed E-state index contributed by atoms with van der Waals surface area (Å²) in [5.41, 5.74) is 7.72. The third-order valence-corrected chi connectivity index (χ3v) is 5.71. The summed E-state index contributed by atoms with van der Waals surface area (Å²) in [5, 5.41) is 13.0. The van der Waals surface area contributed by atoms with Crippen LogP contribution in [-0.4, -0.2) is 35.8 Å². The molecule has 0 bridgehead atoms. The number of rotatable bonds is 11. The van der Waals surface area contributed by atoms with Gasteiger partial charge in [-0.2, -0.15) is 0 Å². The Morgan fingerprint density at radius 2 is 1.81 bits per heavy atom. The highest BCUT2D eigenvalue weighted by molar-refractivity contribution is 6.04. The Morgan fingerprint density at radius 3 is 2.51 bits per heavy atom. The van der Waals surface area contributed by atoms with Gasteiger partial charge in [-0.05, 0) is 61.4 Å². The van der Waals surface area contributed by atoms with E-state index in [2.05, 4.69) is 16.9 Å². The Kier molecular flexibility index (Phi) is 8.22. The molecule has 0 aliphatic heterocycles. The number of carbonyl (C=O) groups is 1. The Balaban J connectivity index is 1.45. The molecule has 0 radical (unpaired) electrons. The molecule has 190 valence electrons. The summed E-state index contributed by atoms with van der Waals surface area (Å²) in [6.07, 6.45) is 2.85. The summed E-state index contributed by atoms with van der Waals surface area (Å²) in [6, 6.07) is 21.1. The van der Waals surface area contributed by atoms with Crippen molar-refractivity contribution in [1.82, 2.24) is 4.98 Å². The Bertz CT molecular complexity index is 1370. The molecule has 0 saturated heterocycles. The number of anilines is 1. The molecule has 1 heterocycles. The number of aromatic nitrogens is 1.